The minimum atomic E-state index is -1.67. The molecule has 118 valence electrons. The highest BCUT2D eigenvalue weighted by Gasteiger charge is 2.36. The Hall–Kier alpha value is -1.33. The van der Waals surface area contributed by atoms with Gasteiger partial charge in [0, 0.05) is 12.2 Å². The molecular formula is C16H27NO3Si. The van der Waals surface area contributed by atoms with Crippen molar-refractivity contribution in [2.75, 3.05) is 25.6 Å². The van der Waals surface area contributed by atoms with Gasteiger partial charge in [0.2, 0.25) is 0 Å². The highest BCUT2D eigenvalue weighted by molar-refractivity contribution is 6.74. The number of methoxy groups -OCH3 is 1. The van der Waals surface area contributed by atoms with E-state index in [0.717, 1.165) is 12.2 Å². The third-order valence-electron chi connectivity index (χ3n) is 4.01. The van der Waals surface area contributed by atoms with Gasteiger partial charge in [-0.1, -0.05) is 20.8 Å². The minimum Gasteiger partial charge on any atom is -0.465 e. The Morgan fingerprint density at radius 1 is 1.19 bits per heavy atom. The molecule has 0 radical (unpaired) electrons. The van der Waals surface area contributed by atoms with Crippen molar-refractivity contribution >= 4 is 20.0 Å². The third-order valence-corrected chi connectivity index (χ3v) is 8.54. The second-order valence-corrected chi connectivity index (χ2v) is 11.4. The summed E-state index contributed by atoms with van der Waals surface area (Å²) in [5, 5.41) is 3.53. The van der Waals surface area contributed by atoms with Crippen LogP contribution in [-0.2, 0) is 9.16 Å². The van der Waals surface area contributed by atoms with Crippen LogP contribution in [0.1, 0.15) is 31.1 Å². The van der Waals surface area contributed by atoms with E-state index in [1.807, 2.05) is 12.1 Å². The number of carbonyl (C=O) groups is 1. The summed E-state index contributed by atoms with van der Waals surface area (Å²) in [6, 6.07) is 7.25. The zero-order chi connectivity index (χ0) is 16.1. The van der Waals surface area contributed by atoms with E-state index >= 15 is 0 Å². The number of benzene rings is 1. The zero-order valence-electron chi connectivity index (χ0n) is 13.9. The average Bonchev–Trinajstić information content (AvgIpc) is 2.42. The lowest BCUT2D eigenvalue weighted by Crippen LogP contribution is -2.41. The van der Waals surface area contributed by atoms with E-state index in [0.29, 0.717) is 12.2 Å². The van der Waals surface area contributed by atoms with Crippen LogP contribution in [0.3, 0.4) is 0 Å². The Kier molecular flexibility index (Phi) is 5.98. The van der Waals surface area contributed by atoms with Crippen LogP contribution in [0.25, 0.3) is 0 Å². The number of esters is 1. The van der Waals surface area contributed by atoms with Gasteiger partial charge in [-0.25, -0.2) is 4.79 Å². The molecule has 1 aromatic rings. The van der Waals surface area contributed by atoms with Crippen molar-refractivity contribution in [3.05, 3.63) is 29.8 Å². The summed E-state index contributed by atoms with van der Waals surface area (Å²) < 4.78 is 10.8. The topological polar surface area (TPSA) is 47.6 Å². The summed E-state index contributed by atoms with van der Waals surface area (Å²) >= 11 is 0. The van der Waals surface area contributed by atoms with Crippen LogP contribution in [-0.4, -0.2) is 34.5 Å². The van der Waals surface area contributed by atoms with Crippen LogP contribution < -0.4 is 5.32 Å². The molecule has 4 nitrogen and oxygen atoms in total. The van der Waals surface area contributed by atoms with Crippen molar-refractivity contribution in [1.29, 1.82) is 0 Å². The molecular weight excluding hydrogens is 282 g/mol. The lowest BCUT2D eigenvalue weighted by molar-refractivity contribution is 0.0601. The molecule has 5 heteroatoms. The number of hydrogen-bond donors (Lipinski definition) is 1. The molecule has 0 aromatic heterocycles. The molecule has 0 fully saturated rings. The summed E-state index contributed by atoms with van der Waals surface area (Å²) in [4.78, 5) is 11.3. The molecule has 0 spiro atoms. The van der Waals surface area contributed by atoms with E-state index < -0.39 is 8.32 Å². The molecule has 0 bridgehead atoms. The number of hydrogen-bond acceptors (Lipinski definition) is 4. The highest BCUT2D eigenvalue weighted by atomic mass is 28.4. The quantitative estimate of drug-likeness (QED) is 0.492. The van der Waals surface area contributed by atoms with Gasteiger partial charge in [0.1, 0.15) is 0 Å². The van der Waals surface area contributed by atoms with E-state index in [9.17, 15) is 4.79 Å². The molecule has 0 saturated heterocycles. The van der Waals surface area contributed by atoms with Crippen molar-refractivity contribution in [1.82, 2.24) is 0 Å². The molecule has 0 heterocycles. The van der Waals surface area contributed by atoms with E-state index in [2.05, 4.69) is 43.9 Å². The Labute approximate surface area is 129 Å². The number of ether oxygens (including phenoxy) is 1. The molecule has 1 N–H and O–H groups in total. The molecule has 0 aliphatic heterocycles. The van der Waals surface area contributed by atoms with Crippen molar-refractivity contribution in [2.45, 2.75) is 38.9 Å². The van der Waals surface area contributed by atoms with Crippen LogP contribution in [0.2, 0.25) is 18.1 Å². The minimum absolute atomic E-state index is 0.231. The van der Waals surface area contributed by atoms with Gasteiger partial charge in [0.25, 0.3) is 0 Å². The molecule has 1 aromatic carbocycles. The van der Waals surface area contributed by atoms with Crippen LogP contribution >= 0.6 is 0 Å². The Bertz CT molecular complexity index is 463. The average molecular weight is 309 g/mol. The van der Waals surface area contributed by atoms with Gasteiger partial charge in [0.05, 0.1) is 19.3 Å². The first-order valence-corrected chi connectivity index (χ1v) is 10.1. The van der Waals surface area contributed by atoms with E-state index in [4.69, 9.17) is 4.43 Å². The molecule has 0 aliphatic rings. The van der Waals surface area contributed by atoms with Gasteiger partial charge in [-0.05, 0) is 42.4 Å². The molecule has 0 aliphatic carbocycles. The standard InChI is InChI=1S/C16H27NO3Si/c1-16(2,3)21(5,6)20-12-11-17-14-9-7-13(8-10-14)15(18)19-4/h7-10,17H,11-12H2,1-6H3. The Balaban J connectivity index is 2.42. The summed E-state index contributed by atoms with van der Waals surface area (Å²) in [6.45, 7) is 12.6. The van der Waals surface area contributed by atoms with E-state index in [1.165, 1.54) is 7.11 Å². The SMILES string of the molecule is COC(=O)c1ccc(NCCO[Si](C)(C)C(C)(C)C)cc1. The number of rotatable bonds is 6. The molecule has 0 amide bonds. The normalized spacial score (nSPS) is 12.1. The zero-order valence-corrected chi connectivity index (χ0v) is 14.9. The van der Waals surface area contributed by atoms with Gasteiger partial charge < -0.3 is 14.5 Å². The van der Waals surface area contributed by atoms with Gasteiger partial charge in [-0.15, -0.1) is 0 Å². The summed E-state index contributed by atoms with van der Waals surface area (Å²) in [5.41, 5.74) is 1.53. The van der Waals surface area contributed by atoms with Crippen LogP contribution in [0, 0.1) is 0 Å². The maximum atomic E-state index is 11.3. The Morgan fingerprint density at radius 3 is 2.24 bits per heavy atom. The lowest BCUT2D eigenvalue weighted by Gasteiger charge is -2.36. The maximum absolute atomic E-state index is 11.3. The molecule has 21 heavy (non-hydrogen) atoms. The van der Waals surface area contributed by atoms with Crippen molar-refractivity contribution < 1.29 is 14.0 Å². The van der Waals surface area contributed by atoms with Crippen LogP contribution in [0.15, 0.2) is 24.3 Å². The van der Waals surface area contributed by atoms with Crippen LogP contribution in [0.5, 0.6) is 0 Å². The maximum Gasteiger partial charge on any atom is 0.337 e. The van der Waals surface area contributed by atoms with E-state index in [1.54, 1.807) is 12.1 Å². The summed E-state index contributed by atoms with van der Waals surface area (Å²) in [7, 11) is -0.291. The predicted octanol–water partition coefficient (Wildman–Crippen LogP) is 3.91. The molecule has 0 atom stereocenters. The highest BCUT2D eigenvalue weighted by Crippen LogP contribution is 2.36. The first kappa shape index (κ1) is 17.7. The first-order valence-electron chi connectivity index (χ1n) is 7.23. The van der Waals surface area contributed by atoms with Gasteiger partial charge in [-0.3, -0.25) is 0 Å². The van der Waals surface area contributed by atoms with Crippen molar-refractivity contribution in [2.24, 2.45) is 0 Å². The van der Waals surface area contributed by atoms with Gasteiger partial charge in [-0.2, -0.15) is 0 Å². The lowest BCUT2D eigenvalue weighted by atomic mass is 10.2. The fourth-order valence-corrected chi connectivity index (χ4v) is 2.61. The van der Waals surface area contributed by atoms with Crippen LogP contribution in [0.4, 0.5) is 5.69 Å². The van der Waals surface area contributed by atoms with Gasteiger partial charge in [0.15, 0.2) is 8.32 Å². The van der Waals surface area contributed by atoms with Gasteiger partial charge >= 0.3 is 5.97 Å². The second-order valence-electron chi connectivity index (χ2n) is 6.60. The number of anilines is 1. The molecule has 0 saturated carbocycles. The summed E-state index contributed by atoms with van der Waals surface area (Å²) in [6.07, 6.45) is 0. The Morgan fingerprint density at radius 2 is 1.76 bits per heavy atom. The fraction of sp³-hybridized carbons (Fsp3) is 0.562. The van der Waals surface area contributed by atoms with Crippen molar-refractivity contribution in [3.63, 3.8) is 0 Å². The molecule has 0 unspecified atom stereocenters. The summed E-state index contributed by atoms with van der Waals surface area (Å²) in [5.74, 6) is -0.317. The first-order chi connectivity index (χ1) is 9.67. The second kappa shape index (κ2) is 7.09. The smallest absolute Gasteiger partial charge is 0.337 e. The van der Waals surface area contributed by atoms with Crippen molar-refractivity contribution in [3.8, 4) is 0 Å². The fourth-order valence-electron chi connectivity index (χ4n) is 1.56. The third kappa shape index (κ3) is 5.17. The monoisotopic (exact) mass is 309 g/mol. The number of carbonyl (C=O) groups excluding carboxylic acids is 1. The molecule has 1 rings (SSSR count). The predicted molar refractivity (Wildman–Crippen MR) is 89.4 cm³/mol. The number of nitrogens with one attached hydrogen (secondary N) is 1. The largest absolute Gasteiger partial charge is 0.465 e. The van der Waals surface area contributed by atoms with E-state index in [-0.39, 0.29) is 11.0 Å².